The van der Waals surface area contributed by atoms with Crippen LogP contribution < -0.4 is 0 Å². The molecule has 2 aromatic heterocycles. The number of aliphatic hydroxyl groups is 1. The van der Waals surface area contributed by atoms with Gasteiger partial charge in [-0.2, -0.15) is 0 Å². The number of hydrogen-bond acceptors (Lipinski definition) is 8. The topological polar surface area (TPSA) is 90.1 Å². The number of hydrogen-bond donors (Lipinski definition) is 1. The van der Waals surface area contributed by atoms with Gasteiger partial charge in [0, 0.05) is 22.3 Å². The standard InChI is InChI=1S/C25H24N4O3S2/c1-4-32-24(31)21(23-26-17(3)14-33-23)20(30)15-34-25-28-27-22(18-8-6-5-7-9-18)29(25)19-12-10-16(2)11-13-19/h5-14,30H,4,15H2,1-3H3/b21-20+. The molecule has 0 bridgehead atoms. The van der Waals surface area contributed by atoms with E-state index in [1.807, 2.05) is 78.4 Å². The molecule has 0 aliphatic rings. The summed E-state index contributed by atoms with van der Waals surface area (Å²) in [5, 5.41) is 22.6. The van der Waals surface area contributed by atoms with Crippen LogP contribution in [0.4, 0.5) is 0 Å². The molecule has 0 aliphatic heterocycles. The van der Waals surface area contributed by atoms with Crippen molar-refractivity contribution in [2.75, 3.05) is 12.4 Å². The summed E-state index contributed by atoms with van der Waals surface area (Å²) < 4.78 is 7.12. The minimum absolute atomic E-state index is 0.0807. The van der Waals surface area contributed by atoms with Crippen LogP contribution in [0, 0.1) is 13.8 Å². The maximum Gasteiger partial charge on any atom is 0.344 e. The van der Waals surface area contributed by atoms with E-state index < -0.39 is 5.97 Å². The summed E-state index contributed by atoms with van der Waals surface area (Å²) in [6, 6.07) is 17.9. The number of esters is 1. The van der Waals surface area contributed by atoms with Gasteiger partial charge in [-0.3, -0.25) is 4.57 Å². The van der Waals surface area contributed by atoms with E-state index >= 15 is 0 Å². The molecule has 0 amide bonds. The average molecular weight is 493 g/mol. The number of carbonyl (C=O) groups is 1. The first kappa shape index (κ1) is 23.7. The lowest BCUT2D eigenvalue weighted by Crippen LogP contribution is -2.10. The third-order valence-electron chi connectivity index (χ3n) is 4.90. The largest absolute Gasteiger partial charge is 0.510 e. The van der Waals surface area contributed by atoms with E-state index in [4.69, 9.17) is 4.74 Å². The number of aliphatic hydroxyl groups excluding tert-OH is 1. The number of thiazole rings is 1. The Morgan fingerprint density at radius 2 is 1.82 bits per heavy atom. The van der Waals surface area contributed by atoms with E-state index in [0.717, 1.165) is 22.5 Å². The van der Waals surface area contributed by atoms with E-state index in [9.17, 15) is 9.90 Å². The number of benzene rings is 2. The molecule has 0 aliphatic carbocycles. The highest BCUT2D eigenvalue weighted by Gasteiger charge is 2.23. The zero-order chi connectivity index (χ0) is 24.1. The van der Waals surface area contributed by atoms with E-state index in [1.165, 1.54) is 23.1 Å². The minimum Gasteiger partial charge on any atom is -0.510 e. The fraction of sp³-hybridized carbons (Fsp3) is 0.200. The van der Waals surface area contributed by atoms with Gasteiger partial charge in [-0.25, -0.2) is 9.78 Å². The van der Waals surface area contributed by atoms with Gasteiger partial charge < -0.3 is 9.84 Å². The summed E-state index contributed by atoms with van der Waals surface area (Å²) in [5.74, 6) is 0.0833. The number of aryl methyl sites for hydroxylation is 2. The van der Waals surface area contributed by atoms with E-state index in [0.29, 0.717) is 16.0 Å². The van der Waals surface area contributed by atoms with Crippen molar-refractivity contribution >= 4 is 34.6 Å². The Kier molecular flexibility index (Phi) is 7.44. The van der Waals surface area contributed by atoms with Crippen LogP contribution in [0.5, 0.6) is 0 Å². The molecule has 174 valence electrons. The summed E-state index contributed by atoms with van der Waals surface area (Å²) in [6.45, 7) is 5.80. The lowest BCUT2D eigenvalue weighted by Gasteiger charge is -2.11. The molecule has 7 nitrogen and oxygen atoms in total. The van der Waals surface area contributed by atoms with Crippen LogP contribution in [0.1, 0.15) is 23.2 Å². The number of thioether (sulfide) groups is 1. The molecule has 9 heteroatoms. The van der Waals surface area contributed by atoms with Crippen molar-refractivity contribution in [1.82, 2.24) is 19.7 Å². The van der Waals surface area contributed by atoms with Crippen molar-refractivity contribution in [2.24, 2.45) is 0 Å². The highest BCUT2D eigenvalue weighted by Crippen LogP contribution is 2.31. The molecule has 0 spiro atoms. The maximum atomic E-state index is 12.6. The quantitative estimate of drug-likeness (QED) is 0.147. The van der Waals surface area contributed by atoms with Crippen LogP contribution in [0.15, 0.2) is 70.9 Å². The number of aromatic nitrogens is 4. The molecule has 4 rings (SSSR count). The molecule has 0 atom stereocenters. The lowest BCUT2D eigenvalue weighted by molar-refractivity contribution is -0.136. The zero-order valence-corrected chi connectivity index (χ0v) is 20.7. The molecule has 2 aromatic carbocycles. The van der Waals surface area contributed by atoms with Gasteiger partial charge in [0.1, 0.15) is 16.3 Å². The molecule has 34 heavy (non-hydrogen) atoms. The molecule has 0 saturated carbocycles. The Morgan fingerprint density at radius 1 is 1.09 bits per heavy atom. The van der Waals surface area contributed by atoms with Crippen LogP contribution >= 0.6 is 23.1 Å². The highest BCUT2D eigenvalue weighted by atomic mass is 32.2. The Hall–Kier alpha value is -3.43. The third-order valence-corrected chi connectivity index (χ3v) is 6.81. The molecule has 0 radical (unpaired) electrons. The Morgan fingerprint density at radius 3 is 2.47 bits per heavy atom. The lowest BCUT2D eigenvalue weighted by atomic mass is 10.2. The SMILES string of the molecule is CCOC(=O)/C(=C(/O)CSc1nnc(-c2ccccc2)n1-c1ccc(C)cc1)c1nc(C)cs1. The van der Waals surface area contributed by atoms with Gasteiger partial charge in [-0.15, -0.1) is 21.5 Å². The molecule has 0 fully saturated rings. The Bertz CT molecular complexity index is 1310. The van der Waals surface area contributed by atoms with Crippen molar-refractivity contribution in [2.45, 2.75) is 25.9 Å². The predicted octanol–water partition coefficient (Wildman–Crippen LogP) is 5.63. The molecule has 0 saturated heterocycles. The second kappa shape index (κ2) is 10.7. The van der Waals surface area contributed by atoms with Crippen molar-refractivity contribution in [3.8, 4) is 17.1 Å². The summed E-state index contributed by atoms with van der Waals surface area (Å²) in [7, 11) is 0. The second-order valence-electron chi connectivity index (χ2n) is 7.47. The first-order valence-corrected chi connectivity index (χ1v) is 12.6. The third kappa shape index (κ3) is 5.21. The Labute approximate surface area is 206 Å². The van der Waals surface area contributed by atoms with Crippen LogP contribution in [0.2, 0.25) is 0 Å². The first-order valence-electron chi connectivity index (χ1n) is 10.7. The summed E-state index contributed by atoms with van der Waals surface area (Å²) in [5.41, 5.74) is 3.82. The number of nitrogens with zero attached hydrogens (tertiary/aromatic N) is 4. The number of rotatable bonds is 8. The fourth-order valence-electron chi connectivity index (χ4n) is 3.27. The summed E-state index contributed by atoms with van der Waals surface area (Å²) >= 11 is 2.58. The molecule has 4 aromatic rings. The Balaban J connectivity index is 1.71. The van der Waals surface area contributed by atoms with Crippen LogP contribution in [-0.2, 0) is 9.53 Å². The number of ether oxygens (including phenoxy) is 1. The van der Waals surface area contributed by atoms with E-state index in [1.54, 1.807) is 6.92 Å². The predicted molar refractivity (Wildman–Crippen MR) is 135 cm³/mol. The van der Waals surface area contributed by atoms with Gasteiger partial charge in [0.05, 0.1) is 12.4 Å². The summed E-state index contributed by atoms with van der Waals surface area (Å²) in [6.07, 6.45) is 0. The monoisotopic (exact) mass is 492 g/mol. The molecule has 0 unspecified atom stereocenters. The molecular weight excluding hydrogens is 468 g/mol. The number of carbonyl (C=O) groups excluding carboxylic acids is 1. The van der Waals surface area contributed by atoms with Crippen molar-refractivity contribution in [3.63, 3.8) is 0 Å². The van der Waals surface area contributed by atoms with Gasteiger partial charge in [0.25, 0.3) is 0 Å². The highest BCUT2D eigenvalue weighted by molar-refractivity contribution is 7.99. The van der Waals surface area contributed by atoms with Gasteiger partial charge in [-0.1, -0.05) is 59.8 Å². The molecular formula is C25H24N4O3S2. The fourth-order valence-corrected chi connectivity index (χ4v) is 4.95. The van der Waals surface area contributed by atoms with Crippen LogP contribution in [0.3, 0.4) is 0 Å². The zero-order valence-electron chi connectivity index (χ0n) is 19.1. The van der Waals surface area contributed by atoms with E-state index in [-0.39, 0.29) is 23.7 Å². The van der Waals surface area contributed by atoms with Gasteiger partial charge >= 0.3 is 5.97 Å². The van der Waals surface area contributed by atoms with Gasteiger partial charge in [0.2, 0.25) is 0 Å². The van der Waals surface area contributed by atoms with E-state index in [2.05, 4.69) is 15.2 Å². The molecule has 2 heterocycles. The van der Waals surface area contributed by atoms with Crippen LogP contribution in [-0.4, -0.2) is 43.2 Å². The molecule has 1 N–H and O–H groups in total. The average Bonchev–Trinajstić information content (AvgIpc) is 3.45. The van der Waals surface area contributed by atoms with Gasteiger partial charge in [-0.05, 0) is 32.9 Å². The smallest absolute Gasteiger partial charge is 0.344 e. The first-order chi connectivity index (χ1) is 16.5. The van der Waals surface area contributed by atoms with Crippen molar-refractivity contribution in [3.05, 3.63) is 82.0 Å². The van der Waals surface area contributed by atoms with Crippen LogP contribution in [0.25, 0.3) is 22.6 Å². The van der Waals surface area contributed by atoms with Crippen molar-refractivity contribution in [1.29, 1.82) is 0 Å². The van der Waals surface area contributed by atoms with Crippen molar-refractivity contribution < 1.29 is 14.6 Å². The minimum atomic E-state index is -0.597. The second-order valence-corrected chi connectivity index (χ2v) is 9.27. The maximum absolute atomic E-state index is 12.6. The summed E-state index contributed by atoms with van der Waals surface area (Å²) in [4.78, 5) is 17.0. The normalized spacial score (nSPS) is 11.9. The van der Waals surface area contributed by atoms with Gasteiger partial charge in [0.15, 0.2) is 11.0 Å².